The van der Waals surface area contributed by atoms with E-state index >= 15 is 0 Å². The van der Waals surface area contributed by atoms with Crippen molar-refractivity contribution >= 4 is 5.97 Å². The summed E-state index contributed by atoms with van der Waals surface area (Å²) in [4.78, 5) is 28.7. The second-order valence-corrected chi connectivity index (χ2v) is 4.68. The Kier molecular flexibility index (Phi) is 3.67. The third kappa shape index (κ3) is 3.67. The molecule has 1 rings (SSSR count). The van der Waals surface area contributed by atoms with E-state index < -0.39 is 11.5 Å². The van der Waals surface area contributed by atoms with E-state index in [0.29, 0.717) is 5.82 Å². The van der Waals surface area contributed by atoms with Crippen molar-refractivity contribution in [1.82, 2.24) is 9.97 Å². The molecule has 2 N–H and O–H groups in total. The molecule has 0 bridgehead atoms. The lowest BCUT2D eigenvalue weighted by Crippen LogP contribution is -2.25. The van der Waals surface area contributed by atoms with Crippen LogP contribution >= 0.6 is 0 Å². The standard InChI is InChI=1S/C11H16N2O4/c1-6-8(10(15)16)9(14)13-7(12-6)5-17-11(2,3)4/h5H2,1-4H3,(H,15,16)(H,12,13,14). The van der Waals surface area contributed by atoms with Crippen LogP contribution in [0.2, 0.25) is 0 Å². The van der Waals surface area contributed by atoms with Gasteiger partial charge in [-0.15, -0.1) is 0 Å². The van der Waals surface area contributed by atoms with Crippen LogP contribution in [0, 0.1) is 6.92 Å². The number of nitrogens with one attached hydrogen (secondary N) is 1. The van der Waals surface area contributed by atoms with Crippen molar-refractivity contribution in [3.63, 3.8) is 0 Å². The van der Waals surface area contributed by atoms with Gasteiger partial charge in [0.05, 0.1) is 11.3 Å². The van der Waals surface area contributed by atoms with E-state index in [1.807, 2.05) is 20.8 Å². The Hall–Kier alpha value is -1.69. The molecule has 0 spiro atoms. The first-order valence-electron chi connectivity index (χ1n) is 5.18. The monoisotopic (exact) mass is 240 g/mol. The Morgan fingerprint density at radius 2 is 2.06 bits per heavy atom. The number of carboxylic acids is 1. The van der Waals surface area contributed by atoms with Crippen LogP contribution in [0.25, 0.3) is 0 Å². The molecular formula is C11H16N2O4. The zero-order valence-electron chi connectivity index (χ0n) is 10.3. The first-order chi connectivity index (χ1) is 7.70. The summed E-state index contributed by atoms with van der Waals surface area (Å²) in [7, 11) is 0. The quantitative estimate of drug-likeness (QED) is 0.825. The minimum atomic E-state index is -1.28. The number of hydrogen-bond acceptors (Lipinski definition) is 4. The van der Waals surface area contributed by atoms with E-state index in [4.69, 9.17) is 9.84 Å². The molecule has 0 aliphatic heterocycles. The number of nitrogens with zero attached hydrogens (tertiary/aromatic N) is 1. The molecule has 1 aromatic heterocycles. The second kappa shape index (κ2) is 4.67. The first-order valence-corrected chi connectivity index (χ1v) is 5.18. The molecule has 1 heterocycles. The molecule has 6 nitrogen and oxygen atoms in total. The van der Waals surface area contributed by atoms with Gasteiger partial charge in [-0.1, -0.05) is 0 Å². The van der Waals surface area contributed by atoms with Crippen LogP contribution in [0.15, 0.2) is 4.79 Å². The molecule has 1 aromatic rings. The van der Waals surface area contributed by atoms with Crippen molar-refractivity contribution in [3.8, 4) is 0 Å². The maximum absolute atomic E-state index is 11.5. The molecule has 0 amide bonds. The molecule has 0 unspecified atom stereocenters. The number of aryl methyl sites for hydroxylation is 1. The Morgan fingerprint density at radius 3 is 2.47 bits per heavy atom. The fourth-order valence-electron chi connectivity index (χ4n) is 1.25. The highest BCUT2D eigenvalue weighted by Crippen LogP contribution is 2.09. The molecule has 0 aliphatic carbocycles. The largest absolute Gasteiger partial charge is 0.477 e. The van der Waals surface area contributed by atoms with Crippen LogP contribution < -0.4 is 5.56 Å². The maximum atomic E-state index is 11.5. The Labute approximate surface area is 98.7 Å². The van der Waals surface area contributed by atoms with Crippen LogP contribution in [0.3, 0.4) is 0 Å². The number of aromatic carboxylic acids is 1. The molecular weight excluding hydrogens is 224 g/mol. The predicted octanol–water partition coefficient (Wildman–Crippen LogP) is 1.09. The Bertz CT molecular complexity index is 485. The smallest absolute Gasteiger partial charge is 0.343 e. The molecule has 6 heteroatoms. The van der Waals surface area contributed by atoms with Crippen molar-refractivity contribution in [1.29, 1.82) is 0 Å². The van der Waals surface area contributed by atoms with E-state index in [1.54, 1.807) is 0 Å². The van der Waals surface area contributed by atoms with Crippen LogP contribution in [0.4, 0.5) is 0 Å². The van der Waals surface area contributed by atoms with E-state index in [0.717, 1.165) is 0 Å². The number of aromatic nitrogens is 2. The number of hydrogen-bond donors (Lipinski definition) is 2. The van der Waals surface area contributed by atoms with Gasteiger partial charge < -0.3 is 14.8 Å². The fourth-order valence-corrected chi connectivity index (χ4v) is 1.25. The van der Waals surface area contributed by atoms with Gasteiger partial charge in [0.25, 0.3) is 5.56 Å². The first kappa shape index (κ1) is 13.4. The molecule has 0 fully saturated rings. The number of H-pyrrole nitrogens is 1. The van der Waals surface area contributed by atoms with Gasteiger partial charge in [-0.2, -0.15) is 0 Å². The Balaban J connectivity index is 2.99. The van der Waals surface area contributed by atoms with Crippen molar-refractivity contribution in [3.05, 3.63) is 27.4 Å². The summed E-state index contributed by atoms with van der Waals surface area (Å²) in [6.45, 7) is 7.26. The van der Waals surface area contributed by atoms with Gasteiger partial charge in [-0.25, -0.2) is 9.78 Å². The fraction of sp³-hybridized carbons (Fsp3) is 0.545. The number of carbonyl (C=O) groups is 1. The zero-order chi connectivity index (χ0) is 13.2. The summed E-state index contributed by atoms with van der Waals surface area (Å²) < 4.78 is 5.45. The van der Waals surface area contributed by atoms with Crippen LogP contribution in [-0.2, 0) is 11.3 Å². The second-order valence-electron chi connectivity index (χ2n) is 4.68. The number of carboxylic acid groups (broad SMARTS) is 1. The van der Waals surface area contributed by atoms with Crippen molar-refractivity contribution in [2.45, 2.75) is 39.9 Å². The van der Waals surface area contributed by atoms with Crippen LogP contribution in [0.5, 0.6) is 0 Å². The van der Waals surface area contributed by atoms with E-state index in [-0.39, 0.29) is 23.5 Å². The van der Waals surface area contributed by atoms with Gasteiger partial charge in [0, 0.05) is 0 Å². The third-order valence-electron chi connectivity index (χ3n) is 2.01. The van der Waals surface area contributed by atoms with Crippen LogP contribution in [-0.4, -0.2) is 26.6 Å². The summed E-state index contributed by atoms with van der Waals surface area (Å²) in [5.41, 5.74) is -1.14. The summed E-state index contributed by atoms with van der Waals surface area (Å²) >= 11 is 0. The third-order valence-corrected chi connectivity index (χ3v) is 2.01. The molecule has 94 valence electrons. The summed E-state index contributed by atoms with van der Waals surface area (Å²) in [5.74, 6) is -0.952. The van der Waals surface area contributed by atoms with Crippen molar-refractivity contribution < 1.29 is 14.6 Å². The molecule has 0 radical (unpaired) electrons. The number of ether oxygens (including phenoxy) is 1. The van der Waals surface area contributed by atoms with Crippen molar-refractivity contribution in [2.24, 2.45) is 0 Å². The SMILES string of the molecule is Cc1nc(COC(C)(C)C)[nH]c(=O)c1C(=O)O. The van der Waals surface area contributed by atoms with E-state index in [1.165, 1.54) is 6.92 Å². The van der Waals surface area contributed by atoms with Gasteiger partial charge in [-0.05, 0) is 27.7 Å². The predicted molar refractivity (Wildman–Crippen MR) is 61.1 cm³/mol. The van der Waals surface area contributed by atoms with Gasteiger partial charge >= 0.3 is 5.97 Å². The van der Waals surface area contributed by atoms with Crippen LogP contribution in [0.1, 0.15) is 42.6 Å². The van der Waals surface area contributed by atoms with Gasteiger partial charge in [0.2, 0.25) is 0 Å². The maximum Gasteiger partial charge on any atom is 0.343 e. The number of aromatic amines is 1. The molecule has 0 aliphatic rings. The van der Waals surface area contributed by atoms with E-state index in [2.05, 4.69) is 9.97 Å². The molecule has 17 heavy (non-hydrogen) atoms. The van der Waals surface area contributed by atoms with Gasteiger partial charge in [0.15, 0.2) is 0 Å². The zero-order valence-corrected chi connectivity index (χ0v) is 10.3. The summed E-state index contributed by atoms with van der Waals surface area (Å²) in [5, 5.41) is 8.81. The topological polar surface area (TPSA) is 92.3 Å². The molecule has 0 saturated carbocycles. The average molecular weight is 240 g/mol. The minimum absolute atomic E-state index is 0.138. The lowest BCUT2D eigenvalue weighted by atomic mass is 10.2. The van der Waals surface area contributed by atoms with Gasteiger partial charge in [0.1, 0.15) is 18.0 Å². The molecule has 0 aromatic carbocycles. The highest BCUT2D eigenvalue weighted by atomic mass is 16.5. The highest BCUT2D eigenvalue weighted by molar-refractivity contribution is 5.88. The average Bonchev–Trinajstić information content (AvgIpc) is 2.11. The van der Waals surface area contributed by atoms with Crippen molar-refractivity contribution in [2.75, 3.05) is 0 Å². The molecule has 0 saturated heterocycles. The lowest BCUT2D eigenvalue weighted by Gasteiger charge is -2.19. The van der Waals surface area contributed by atoms with Gasteiger partial charge in [-0.3, -0.25) is 4.79 Å². The summed E-state index contributed by atoms with van der Waals surface area (Å²) in [6, 6.07) is 0. The minimum Gasteiger partial charge on any atom is -0.477 e. The van der Waals surface area contributed by atoms with E-state index in [9.17, 15) is 9.59 Å². The number of rotatable bonds is 3. The Morgan fingerprint density at radius 1 is 1.47 bits per heavy atom. The highest BCUT2D eigenvalue weighted by Gasteiger charge is 2.16. The normalized spacial score (nSPS) is 11.5. The molecule has 0 atom stereocenters. The summed E-state index contributed by atoms with van der Waals surface area (Å²) in [6.07, 6.45) is 0. The lowest BCUT2D eigenvalue weighted by molar-refractivity contribution is -0.0183.